The van der Waals surface area contributed by atoms with Gasteiger partial charge in [0.15, 0.2) is 5.82 Å². The second-order valence-corrected chi connectivity index (χ2v) is 6.49. The summed E-state index contributed by atoms with van der Waals surface area (Å²) < 4.78 is 0. The highest BCUT2D eigenvalue weighted by molar-refractivity contribution is 5.60. The van der Waals surface area contributed by atoms with E-state index in [9.17, 15) is 0 Å². The number of rotatable bonds is 3. The number of nitrogens with zero attached hydrogens (tertiary/aromatic N) is 3. The highest BCUT2D eigenvalue weighted by Crippen LogP contribution is 2.28. The summed E-state index contributed by atoms with van der Waals surface area (Å²) in [6, 6.07) is 12.1. The van der Waals surface area contributed by atoms with Gasteiger partial charge in [0.25, 0.3) is 0 Å². The summed E-state index contributed by atoms with van der Waals surface area (Å²) in [6.07, 6.45) is 0. The van der Waals surface area contributed by atoms with Crippen molar-refractivity contribution >= 4 is 11.6 Å². The topological polar surface area (TPSA) is 55.0 Å². The van der Waals surface area contributed by atoms with E-state index in [1.807, 2.05) is 43.4 Å². The maximum Gasteiger partial charge on any atom is 0.163 e. The Labute approximate surface area is 127 Å². The minimum absolute atomic E-state index is 0.154. The summed E-state index contributed by atoms with van der Waals surface area (Å²) in [5, 5.41) is 0. The van der Waals surface area contributed by atoms with E-state index >= 15 is 0 Å². The largest absolute Gasteiger partial charge is 0.384 e. The van der Waals surface area contributed by atoms with Gasteiger partial charge in [0.2, 0.25) is 0 Å². The number of anilines is 2. The molecule has 0 radical (unpaired) electrons. The lowest BCUT2D eigenvalue weighted by atomic mass is 9.87. The van der Waals surface area contributed by atoms with Crippen molar-refractivity contribution in [2.24, 2.45) is 5.41 Å². The van der Waals surface area contributed by atoms with Crippen molar-refractivity contribution in [2.45, 2.75) is 33.7 Å². The molecule has 4 nitrogen and oxygen atoms in total. The quantitative estimate of drug-likeness (QED) is 0.935. The molecule has 2 N–H and O–H groups in total. The molecule has 1 heterocycles. The Kier molecular flexibility index (Phi) is 4.16. The number of benzene rings is 1. The Hall–Kier alpha value is -2.10. The Balaban J connectivity index is 2.40. The van der Waals surface area contributed by atoms with Crippen LogP contribution in [0.5, 0.6) is 0 Å². The van der Waals surface area contributed by atoms with Crippen molar-refractivity contribution in [3.8, 4) is 11.4 Å². The lowest BCUT2D eigenvalue weighted by Gasteiger charge is -2.36. The summed E-state index contributed by atoms with van der Waals surface area (Å²) in [5.74, 6) is 2.01. The molecule has 1 aromatic heterocycles. The lowest BCUT2D eigenvalue weighted by Crippen LogP contribution is -2.39. The Morgan fingerprint density at radius 1 is 1.10 bits per heavy atom. The smallest absolute Gasteiger partial charge is 0.163 e. The molecule has 1 atom stereocenters. The van der Waals surface area contributed by atoms with Crippen LogP contribution in [0, 0.1) is 5.41 Å². The Bertz CT molecular complexity index is 602. The molecule has 0 amide bonds. The van der Waals surface area contributed by atoms with E-state index in [2.05, 4.69) is 42.6 Å². The number of aromatic nitrogens is 2. The maximum atomic E-state index is 5.97. The van der Waals surface area contributed by atoms with Crippen LogP contribution in [-0.4, -0.2) is 23.1 Å². The van der Waals surface area contributed by atoms with Crippen LogP contribution in [0.2, 0.25) is 0 Å². The first-order valence-corrected chi connectivity index (χ1v) is 7.22. The Morgan fingerprint density at radius 3 is 2.29 bits per heavy atom. The van der Waals surface area contributed by atoms with Gasteiger partial charge in [-0.3, -0.25) is 0 Å². The predicted octanol–water partition coefficient (Wildman–Crippen LogP) is 3.60. The fourth-order valence-corrected chi connectivity index (χ4v) is 2.13. The van der Waals surface area contributed by atoms with Crippen LogP contribution in [0.1, 0.15) is 27.7 Å². The van der Waals surface area contributed by atoms with Crippen molar-refractivity contribution in [1.29, 1.82) is 0 Å². The average Bonchev–Trinajstić information content (AvgIpc) is 2.45. The highest BCUT2D eigenvalue weighted by Gasteiger charge is 2.25. The van der Waals surface area contributed by atoms with Crippen molar-refractivity contribution in [3.63, 3.8) is 0 Å². The number of nitrogens with two attached hydrogens (primary N) is 1. The molecule has 2 rings (SSSR count). The second kappa shape index (κ2) is 5.72. The van der Waals surface area contributed by atoms with Crippen molar-refractivity contribution in [2.75, 3.05) is 17.7 Å². The first-order valence-electron chi connectivity index (χ1n) is 7.22. The lowest BCUT2D eigenvalue weighted by molar-refractivity contribution is 0.328. The molecular formula is C17H24N4. The molecule has 21 heavy (non-hydrogen) atoms. The molecule has 112 valence electrons. The number of nitrogen functional groups attached to an aromatic ring is 1. The summed E-state index contributed by atoms with van der Waals surface area (Å²) >= 11 is 0. The van der Waals surface area contributed by atoms with Crippen LogP contribution in [0.4, 0.5) is 11.6 Å². The van der Waals surface area contributed by atoms with Gasteiger partial charge in [-0.05, 0) is 12.3 Å². The van der Waals surface area contributed by atoms with E-state index < -0.39 is 0 Å². The molecule has 1 aromatic carbocycles. The minimum atomic E-state index is 0.154. The number of hydrogen-bond acceptors (Lipinski definition) is 4. The minimum Gasteiger partial charge on any atom is -0.384 e. The highest BCUT2D eigenvalue weighted by atomic mass is 15.2. The van der Waals surface area contributed by atoms with Crippen LogP contribution >= 0.6 is 0 Å². The van der Waals surface area contributed by atoms with Crippen LogP contribution in [0.3, 0.4) is 0 Å². The molecular weight excluding hydrogens is 260 g/mol. The van der Waals surface area contributed by atoms with Gasteiger partial charge in [-0.15, -0.1) is 0 Å². The van der Waals surface area contributed by atoms with Gasteiger partial charge in [-0.1, -0.05) is 51.1 Å². The molecule has 1 unspecified atom stereocenters. The molecule has 0 bridgehead atoms. The molecule has 0 fully saturated rings. The first-order chi connectivity index (χ1) is 9.79. The normalized spacial score (nSPS) is 13.0. The zero-order valence-corrected chi connectivity index (χ0v) is 13.5. The molecule has 0 aliphatic rings. The second-order valence-electron chi connectivity index (χ2n) is 6.49. The van der Waals surface area contributed by atoms with Crippen molar-refractivity contribution in [3.05, 3.63) is 36.4 Å². The van der Waals surface area contributed by atoms with Crippen molar-refractivity contribution in [1.82, 2.24) is 9.97 Å². The molecule has 0 spiro atoms. The summed E-state index contributed by atoms with van der Waals surface area (Å²) in [4.78, 5) is 11.2. The number of hydrogen-bond donors (Lipinski definition) is 1. The van der Waals surface area contributed by atoms with Gasteiger partial charge in [-0.2, -0.15) is 0 Å². The average molecular weight is 284 g/mol. The fourth-order valence-electron chi connectivity index (χ4n) is 2.13. The first kappa shape index (κ1) is 15.3. The standard InChI is InChI=1S/C17H24N4/c1-12(17(2,3)4)21(5)15-11-14(18)19-16(20-15)13-9-7-6-8-10-13/h6-12H,1-5H3,(H2,18,19,20). The van der Waals surface area contributed by atoms with Gasteiger partial charge in [-0.25, -0.2) is 9.97 Å². The van der Waals surface area contributed by atoms with Gasteiger partial charge in [0.05, 0.1) is 0 Å². The van der Waals surface area contributed by atoms with E-state index in [0.29, 0.717) is 17.7 Å². The predicted molar refractivity (Wildman–Crippen MR) is 89.2 cm³/mol. The molecule has 2 aromatic rings. The zero-order valence-electron chi connectivity index (χ0n) is 13.5. The summed E-state index contributed by atoms with van der Waals surface area (Å²) in [6.45, 7) is 8.85. The third-order valence-electron chi connectivity index (χ3n) is 3.96. The SMILES string of the molecule is CC(N(C)c1cc(N)nc(-c2ccccc2)n1)C(C)(C)C. The van der Waals surface area contributed by atoms with E-state index in [1.54, 1.807) is 0 Å². The third kappa shape index (κ3) is 3.51. The van der Waals surface area contributed by atoms with Crippen LogP contribution in [0.25, 0.3) is 11.4 Å². The molecule has 0 aliphatic heterocycles. The molecule has 4 heteroatoms. The van der Waals surface area contributed by atoms with Gasteiger partial charge < -0.3 is 10.6 Å². The van der Waals surface area contributed by atoms with E-state index in [-0.39, 0.29) is 5.41 Å². The summed E-state index contributed by atoms with van der Waals surface area (Å²) in [5.41, 5.74) is 7.09. The fraction of sp³-hybridized carbons (Fsp3) is 0.412. The van der Waals surface area contributed by atoms with Gasteiger partial charge in [0.1, 0.15) is 11.6 Å². The molecule has 0 saturated carbocycles. The maximum absolute atomic E-state index is 5.97. The van der Waals surface area contributed by atoms with E-state index in [4.69, 9.17) is 5.73 Å². The Morgan fingerprint density at radius 2 is 1.71 bits per heavy atom. The van der Waals surface area contributed by atoms with E-state index in [0.717, 1.165) is 11.4 Å². The van der Waals surface area contributed by atoms with E-state index in [1.165, 1.54) is 0 Å². The zero-order chi connectivity index (χ0) is 15.6. The monoisotopic (exact) mass is 284 g/mol. The molecule has 0 aliphatic carbocycles. The van der Waals surface area contributed by atoms with Crippen molar-refractivity contribution < 1.29 is 0 Å². The summed E-state index contributed by atoms with van der Waals surface area (Å²) in [7, 11) is 2.05. The van der Waals surface area contributed by atoms with Crippen LogP contribution < -0.4 is 10.6 Å². The molecule has 0 saturated heterocycles. The van der Waals surface area contributed by atoms with Gasteiger partial charge in [0, 0.05) is 24.7 Å². The van der Waals surface area contributed by atoms with Gasteiger partial charge >= 0.3 is 0 Å². The third-order valence-corrected chi connectivity index (χ3v) is 3.96. The van der Waals surface area contributed by atoms with Crippen LogP contribution in [0.15, 0.2) is 36.4 Å². The van der Waals surface area contributed by atoms with Crippen LogP contribution in [-0.2, 0) is 0 Å².